The van der Waals surface area contributed by atoms with Crippen LogP contribution in [-0.2, 0) is 14.4 Å². The largest absolute Gasteiger partial charge is 0.372 e. The highest BCUT2D eigenvalue weighted by Crippen LogP contribution is 2.21. The maximum absolute atomic E-state index is 13.3. The smallest absolute Gasteiger partial charge is 0.200 e. The molecule has 34 heavy (non-hydrogen) atoms. The van der Waals surface area contributed by atoms with Gasteiger partial charge in [0.05, 0.1) is 11.1 Å². The van der Waals surface area contributed by atoms with Crippen molar-refractivity contribution in [1.29, 1.82) is 0 Å². The zero-order valence-corrected chi connectivity index (χ0v) is 21.2. The normalized spacial score (nSPS) is 11.8. The number of rotatable bonds is 12. The van der Waals surface area contributed by atoms with Crippen molar-refractivity contribution >= 4 is 40.9 Å². The minimum Gasteiger partial charge on any atom is -0.372 e. The summed E-state index contributed by atoms with van der Waals surface area (Å²) in [5.41, 5.74) is 3.63. The van der Waals surface area contributed by atoms with E-state index in [1.807, 2.05) is 48.5 Å². The Kier molecular flexibility index (Phi) is 9.99. The molecule has 0 heterocycles. The van der Waals surface area contributed by atoms with E-state index in [0.717, 1.165) is 48.7 Å². The van der Waals surface area contributed by atoms with Crippen molar-refractivity contribution in [3.8, 4) is 0 Å². The fourth-order valence-electron chi connectivity index (χ4n) is 3.87. The lowest BCUT2D eigenvalue weighted by Gasteiger charge is -2.21. The number of allylic oxidation sites excluding steroid dienone is 2. The van der Waals surface area contributed by atoms with Crippen LogP contribution in [0.1, 0.15) is 52.7 Å². The lowest BCUT2D eigenvalue weighted by molar-refractivity contribution is -0.120. The third-order valence-corrected chi connectivity index (χ3v) is 5.91. The summed E-state index contributed by atoms with van der Waals surface area (Å²) in [6, 6.07) is 15.4. The Morgan fingerprint density at radius 1 is 0.588 bits per heavy atom. The molecule has 0 saturated carbocycles. The van der Waals surface area contributed by atoms with Crippen LogP contribution in [0.3, 0.4) is 0 Å². The molecule has 0 aliphatic heterocycles. The van der Waals surface area contributed by atoms with Gasteiger partial charge in [0.1, 0.15) is 0 Å². The molecule has 0 amide bonds. The molecule has 0 spiro atoms. The zero-order valence-electron chi connectivity index (χ0n) is 21.2. The Morgan fingerprint density at radius 2 is 0.882 bits per heavy atom. The zero-order chi connectivity index (χ0) is 25.3. The van der Waals surface area contributed by atoms with Crippen molar-refractivity contribution in [3.05, 3.63) is 70.8 Å². The molecule has 0 aliphatic rings. The number of hydrogen-bond donors (Lipinski definition) is 0. The predicted octanol–water partition coefficient (Wildman–Crippen LogP) is 5.59. The Balaban J connectivity index is 2.39. The van der Waals surface area contributed by atoms with E-state index in [4.69, 9.17) is 0 Å². The van der Waals surface area contributed by atoms with Crippen molar-refractivity contribution in [3.63, 3.8) is 0 Å². The minimum absolute atomic E-state index is 0.00296. The van der Waals surface area contributed by atoms with Gasteiger partial charge in [-0.3, -0.25) is 14.4 Å². The topological polar surface area (TPSA) is 57.7 Å². The van der Waals surface area contributed by atoms with Crippen LogP contribution in [-0.4, -0.2) is 43.5 Å². The van der Waals surface area contributed by atoms with Gasteiger partial charge in [-0.25, -0.2) is 0 Å². The molecule has 0 aliphatic carbocycles. The van der Waals surface area contributed by atoms with E-state index in [-0.39, 0.29) is 22.7 Å². The summed E-state index contributed by atoms with van der Waals surface area (Å²) >= 11 is 0. The highest BCUT2D eigenvalue weighted by molar-refractivity contribution is 6.37. The lowest BCUT2D eigenvalue weighted by atomic mass is 9.94. The van der Waals surface area contributed by atoms with Gasteiger partial charge in [0.15, 0.2) is 17.3 Å². The van der Waals surface area contributed by atoms with E-state index in [2.05, 4.69) is 37.5 Å². The third-order valence-electron chi connectivity index (χ3n) is 5.91. The second-order valence-electron chi connectivity index (χ2n) is 8.09. The number of carbonyl (C=O) groups is 3. The van der Waals surface area contributed by atoms with Crippen LogP contribution in [0.5, 0.6) is 0 Å². The van der Waals surface area contributed by atoms with Crippen LogP contribution >= 0.6 is 0 Å². The standard InChI is InChI=1S/C29H36N2O3/c1-7-30(8-2)25-15-11-23(12-16-25)19-27(21(5)32)29(34)28(22(6)33)20-24-13-17-26(18-14-24)31(9-3)10-4/h11-20H,7-10H2,1-6H3. The highest BCUT2D eigenvalue weighted by Gasteiger charge is 2.22. The van der Waals surface area contributed by atoms with Crippen LogP contribution in [0, 0.1) is 0 Å². The van der Waals surface area contributed by atoms with E-state index in [1.165, 1.54) is 13.8 Å². The van der Waals surface area contributed by atoms with Gasteiger partial charge in [-0.2, -0.15) is 0 Å². The molecule has 0 saturated heterocycles. The van der Waals surface area contributed by atoms with Crippen molar-refractivity contribution in [2.24, 2.45) is 0 Å². The Morgan fingerprint density at radius 3 is 1.12 bits per heavy atom. The number of carbonyl (C=O) groups excluding carboxylic acids is 3. The quantitative estimate of drug-likeness (QED) is 0.235. The van der Waals surface area contributed by atoms with Gasteiger partial charge >= 0.3 is 0 Å². The average molecular weight is 461 g/mol. The summed E-state index contributed by atoms with van der Waals surface area (Å²) in [6.07, 6.45) is 3.13. The van der Waals surface area contributed by atoms with E-state index in [9.17, 15) is 14.4 Å². The first-order chi connectivity index (χ1) is 16.2. The molecule has 0 N–H and O–H groups in total. The van der Waals surface area contributed by atoms with Crippen LogP contribution in [0.4, 0.5) is 11.4 Å². The SMILES string of the molecule is CCN(CC)c1ccc(C=C(C(C)=O)C(=O)C(=Cc2ccc(N(CC)CC)cc2)C(C)=O)cc1. The molecule has 2 aromatic rings. The summed E-state index contributed by atoms with van der Waals surface area (Å²) < 4.78 is 0. The van der Waals surface area contributed by atoms with Crippen molar-refractivity contribution in [1.82, 2.24) is 0 Å². The summed E-state index contributed by atoms with van der Waals surface area (Å²) in [5.74, 6) is -1.30. The summed E-state index contributed by atoms with van der Waals surface area (Å²) in [5, 5.41) is 0. The molecule has 0 radical (unpaired) electrons. The second-order valence-corrected chi connectivity index (χ2v) is 8.09. The van der Waals surface area contributed by atoms with Crippen molar-refractivity contribution < 1.29 is 14.4 Å². The van der Waals surface area contributed by atoms with Gasteiger partial charge in [0.25, 0.3) is 0 Å². The molecule has 0 aromatic heterocycles. The Labute approximate surface area is 203 Å². The number of Topliss-reactive ketones (excluding diaryl/α,β-unsaturated/α-hetero) is 3. The fourth-order valence-corrected chi connectivity index (χ4v) is 3.87. The Hall–Kier alpha value is -3.47. The molecule has 5 heteroatoms. The van der Waals surface area contributed by atoms with Gasteiger partial charge in [-0.05, 0) is 89.1 Å². The van der Waals surface area contributed by atoms with Crippen LogP contribution in [0.15, 0.2) is 59.7 Å². The lowest BCUT2D eigenvalue weighted by Crippen LogP contribution is -2.21. The maximum atomic E-state index is 13.3. The molecule has 2 rings (SSSR count). The summed E-state index contributed by atoms with van der Waals surface area (Å²) in [4.78, 5) is 42.5. The number of ketones is 3. The monoisotopic (exact) mass is 460 g/mol. The van der Waals surface area contributed by atoms with Gasteiger partial charge in [0.2, 0.25) is 0 Å². The van der Waals surface area contributed by atoms with Gasteiger partial charge in [-0.1, -0.05) is 24.3 Å². The number of benzene rings is 2. The Bertz CT molecular complexity index is 970. The summed E-state index contributed by atoms with van der Waals surface area (Å²) in [7, 11) is 0. The molecule has 0 unspecified atom stereocenters. The maximum Gasteiger partial charge on any atom is 0.200 e. The molecule has 2 aromatic carbocycles. The molecule has 0 bridgehead atoms. The molecular weight excluding hydrogens is 424 g/mol. The molecular formula is C29H36N2O3. The molecule has 180 valence electrons. The van der Waals surface area contributed by atoms with Gasteiger partial charge < -0.3 is 9.80 Å². The first-order valence-electron chi connectivity index (χ1n) is 12.0. The number of anilines is 2. The van der Waals surface area contributed by atoms with Crippen LogP contribution in [0.25, 0.3) is 12.2 Å². The minimum atomic E-state index is -0.555. The fraction of sp³-hybridized carbons (Fsp3) is 0.345. The van der Waals surface area contributed by atoms with E-state index in [0.29, 0.717) is 0 Å². The van der Waals surface area contributed by atoms with E-state index in [1.54, 1.807) is 12.2 Å². The van der Waals surface area contributed by atoms with E-state index >= 15 is 0 Å². The van der Waals surface area contributed by atoms with E-state index < -0.39 is 5.78 Å². The number of hydrogen-bond acceptors (Lipinski definition) is 5. The van der Waals surface area contributed by atoms with Crippen molar-refractivity contribution in [2.45, 2.75) is 41.5 Å². The first kappa shape index (κ1) is 26.8. The molecule has 5 nitrogen and oxygen atoms in total. The van der Waals surface area contributed by atoms with Gasteiger partial charge in [-0.15, -0.1) is 0 Å². The van der Waals surface area contributed by atoms with Crippen LogP contribution in [0.2, 0.25) is 0 Å². The number of nitrogens with zero attached hydrogens (tertiary/aromatic N) is 2. The molecule has 0 fully saturated rings. The van der Waals surface area contributed by atoms with Crippen molar-refractivity contribution in [2.75, 3.05) is 36.0 Å². The highest BCUT2D eigenvalue weighted by atomic mass is 16.2. The van der Waals surface area contributed by atoms with Crippen LogP contribution < -0.4 is 9.80 Å². The average Bonchev–Trinajstić information content (AvgIpc) is 2.83. The first-order valence-corrected chi connectivity index (χ1v) is 12.0. The predicted molar refractivity (Wildman–Crippen MR) is 142 cm³/mol. The molecule has 0 atom stereocenters. The third kappa shape index (κ3) is 6.77. The second kappa shape index (κ2) is 12.7. The van der Waals surface area contributed by atoms with Gasteiger partial charge in [0, 0.05) is 37.6 Å². The summed E-state index contributed by atoms with van der Waals surface area (Å²) in [6.45, 7) is 14.7.